The average molecular weight is 430 g/mol. The number of aryl methyl sites for hydroxylation is 1. The van der Waals surface area contributed by atoms with Crippen molar-refractivity contribution in [3.8, 4) is 11.1 Å². The molecule has 6 heteroatoms. The molecule has 1 atom stereocenters. The normalized spacial score (nSPS) is 17.4. The Morgan fingerprint density at radius 3 is 2.66 bits per heavy atom. The van der Waals surface area contributed by atoms with Crippen LogP contribution in [0.5, 0.6) is 0 Å². The minimum Gasteiger partial charge on any atom is -0.396 e. The maximum Gasteiger partial charge on any atom is 0.225 e. The van der Waals surface area contributed by atoms with Gasteiger partial charge in [0.15, 0.2) is 0 Å². The van der Waals surface area contributed by atoms with Gasteiger partial charge in [-0.05, 0) is 61.3 Å². The Morgan fingerprint density at radius 2 is 1.97 bits per heavy atom. The number of anilines is 1. The molecule has 2 aromatic heterocycles. The molecular weight excluding hydrogens is 402 g/mol. The van der Waals surface area contributed by atoms with E-state index in [2.05, 4.69) is 54.9 Å². The third kappa shape index (κ3) is 4.00. The Kier molecular flexibility index (Phi) is 6.09. The van der Waals surface area contributed by atoms with Crippen LogP contribution in [0.25, 0.3) is 21.3 Å². The number of benzene rings is 1. The van der Waals surface area contributed by atoms with Gasteiger partial charge in [0.1, 0.15) is 10.6 Å². The largest absolute Gasteiger partial charge is 0.396 e. The number of aliphatic hydroxyl groups is 1. The third-order valence-electron chi connectivity index (χ3n) is 5.91. The summed E-state index contributed by atoms with van der Waals surface area (Å²) in [5, 5.41) is 11.0. The Balaban J connectivity index is 1.89. The van der Waals surface area contributed by atoms with Crippen molar-refractivity contribution in [1.82, 2.24) is 9.97 Å². The SMILES string of the molecule is Cc1sc2nc(Cl)nc(N3CCCCC3CCO)c2c1-c1ccc(C(C)C)cc1. The Hall–Kier alpha value is -1.69. The molecule has 1 fully saturated rings. The van der Waals surface area contributed by atoms with E-state index in [0.717, 1.165) is 41.8 Å². The Labute approximate surface area is 181 Å². The summed E-state index contributed by atoms with van der Waals surface area (Å²) in [5.41, 5.74) is 3.74. The molecule has 4 rings (SSSR count). The van der Waals surface area contributed by atoms with Gasteiger partial charge in [-0.3, -0.25) is 0 Å². The van der Waals surface area contributed by atoms with Crippen LogP contribution in [0.1, 0.15) is 55.9 Å². The van der Waals surface area contributed by atoms with Gasteiger partial charge in [0.2, 0.25) is 5.28 Å². The van der Waals surface area contributed by atoms with Crippen molar-refractivity contribution < 1.29 is 5.11 Å². The number of hydrogen-bond acceptors (Lipinski definition) is 5. The van der Waals surface area contributed by atoms with E-state index in [0.29, 0.717) is 17.2 Å². The fraction of sp³-hybridized carbons (Fsp3) is 0.478. The predicted molar refractivity (Wildman–Crippen MR) is 123 cm³/mol. The lowest BCUT2D eigenvalue weighted by molar-refractivity contribution is 0.262. The van der Waals surface area contributed by atoms with Crippen LogP contribution in [0.15, 0.2) is 24.3 Å². The van der Waals surface area contributed by atoms with Crippen molar-refractivity contribution in [3.63, 3.8) is 0 Å². The summed E-state index contributed by atoms with van der Waals surface area (Å²) in [4.78, 5) is 13.8. The van der Waals surface area contributed by atoms with Gasteiger partial charge in [-0.1, -0.05) is 38.1 Å². The lowest BCUT2D eigenvalue weighted by Gasteiger charge is -2.37. The molecule has 3 aromatic rings. The van der Waals surface area contributed by atoms with Gasteiger partial charge in [-0.2, -0.15) is 4.98 Å². The number of rotatable bonds is 5. The molecule has 0 amide bonds. The van der Waals surface area contributed by atoms with Crippen LogP contribution in [-0.2, 0) is 0 Å². The van der Waals surface area contributed by atoms with Crippen molar-refractivity contribution in [2.45, 2.75) is 58.4 Å². The number of nitrogens with zero attached hydrogens (tertiary/aromatic N) is 3. The molecule has 0 saturated carbocycles. The van der Waals surface area contributed by atoms with Crippen molar-refractivity contribution in [2.75, 3.05) is 18.1 Å². The summed E-state index contributed by atoms with van der Waals surface area (Å²) in [6, 6.07) is 9.15. The van der Waals surface area contributed by atoms with Gasteiger partial charge >= 0.3 is 0 Å². The molecule has 1 aromatic carbocycles. The molecule has 1 aliphatic rings. The highest BCUT2D eigenvalue weighted by atomic mass is 35.5. The first kappa shape index (κ1) is 20.6. The summed E-state index contributed by atoms with van der Waals surface area (Å²) in [5.74, 6) is 1.43. The molecule has 0 spiro atoms. The maximum absolute atomic E-state index is 9.58. The highest BCUT2D eigenvalue weighted by molar-refractivity contribution is 7.19. The first-order valence-corrected chi connectivity index (χ1v) is 11.6. The highest BCUT2D eigenvalue weighted by Crippen LogP contribution is 2.43. The zero-order chi connectivity index (χ0) is 20.5. The predicted octanol–water partition coefficient (Wildman–Crippen LogP) is 6.18. The molecule has 0 radical (unpaired) electrons. The van der Waals surface area contributed by atoms with Crippen molar-refractivity contribution >= 4 is 39.0 Å². The highest BCUT2D eigenvalue weighted by Gasteiger charge is 2.28. The van der Waals surface area contributed by atoms with Gasteiger partial charge in [0, 0.05) is 29.6 Å². The average Bonchev–Trinajstić information content (AvgIpc) is 3.03. The molecule has 0 aliphatic carbocycles. The van der Waals surface area contributed by atoms with E-state index in [4.69, 9.17) is 16.6 Å². The second-order valence-electron chi connectivity index (χ2n) is 8.16. The molecule has 1 N–H and O–H groups in total. The monoisotopic (exact) mass is 429 g/mol. The minimum absolute atomic E-state index is 0.190. The molecule has 1 unspecified atom stereocenters. The van der Waals surface area contributed by atoms with Gasteiger partial charge < -0.3 is 10.0 Å². The minimum atomic E-state index is 0.190. The zero-order valence-electron chi connectivity index (χ0n) is 17.3. The van der Waals surface area contributed by atoms with Gasteiger partial charge in [0.05, 0.1) is 5.39 Å². The molecule has 29 heavy (non-hydrogen) atoms. The third-order valence-corrected chi connectivity index (χ3v) is 7.08. The van der Waals surface area contributed by atoms with Crippen molar-refractivity contribution in [2.24, 2.45) is 0 Å². The standard InChI is InChI=1S/C23H28ClN3OS/c1-14(2)16-7-9-17(10-8-16)19-15(3)29-22-20(19)21(25-23(24)26-22)27-12-5-4-6-18(27)11-13-28/h7-10,14,18,28H,4-6,11-13H2,1-3H3. The van der Waals surface area contributed by atoms with Crippen LogP contribution in [-0.4, -0.2) is 34.3 Å². The summed E-state index contributed by atoms with van der Waals surface area (Å²) < 4.78 is 0. The second kappa shape index (κ2) is 8.58. The topological polar surface area (TPSA) is 49.2 Å². The second-order valence-corrected chi connectivity index (χ2v) is 9.70. The van der Waals surface area contributed by atoms with Gasteiger partial charge in [-0.15, -0.1) is 11.3 Å². The molecule has 1 aliphatic heterocycles. The number of aromatic nitrogens is 2. The zero-order valence-corrected chi connectivity index (χ0v) is 18.9. The maximum atomic E-state index is 9.58. The quantitative estimate of drug-likeness (QED) is 0.491. The summed E-state index contributed by atoms with van der Waals surface area (Å²) in [6.07, 6.45) is 4.15. The van der Waals surface area contributed by atoms with Crippen LogP contribution in [0.3, 0.4) is 0 Å². The molecule has 0 bridgehead atoms. The fourth-order valence-corrected chi connectivity index (χ4v) is 5.64. The number of fused-ring (bicyclic) bond motifs is 1. The number of halogens is 1. The van der Waals surface area contributed by atoms with Crippen LogP contribution in [0.2, 0.25) is 5.28 Å². The smallest absolute Gasteiger partial charge is 0.225 e. The van der Waals surface area contributed by atoms with Crippen molar-refractivity contribution in [1.29, 1.82) is 0 Å². The number of aliphatic hydroxyl groups excluding tert-OH is 1. The molecule has 154 valence electrons. The molecule has 3 heterocycles. The van der Waals surface area contributed by atoms with Gasteiger partial charge in [0.25, 0.3) is 0 Å². The van der Waals surface area contributed by atoms with Crippen LogP contribution in [0.4, 0.5) is 5.82 Å². The molecule has 1 saturated heterocycles. The first-order valence-electron chi connectivity index (χ1n) is 10.4. The van der Waals surface area contributed by atoms with E-state index in [1.54, 1.807) is 11.3 Å². The van der Waals surface area contributed by atoms with Crippen LogP contribution < -0.4 is 4.90 Å². The summed E-state index contributed by atoms with van der Waals surface area (Å²) >= 11 is 8.02. The number of hydrogen-bond donors (Lipinski definition) is 1. The summed E-state index contributed by atoms with van der Waals surface area (Å²) in [7, 11) is 0. The van der Waals surface area contributed by atoms with E-state index >= 15 is 0 Å². The first-order chi connectivity index (χ1) is 14.0. The lowest BCUT2D eigenvalue weighted by atomic mass is 9.96. The van der Waals surface area contributed by atoms with Crippen molar-refractivity contribution in [3.05, 3.63) is 40.0 Å². The van der Waals surface area contributed by atoms with E-state index in [9.17, 15) is 5.11 Å². The Bertz CT molecular complexity index is 998. The number of thiophene rings is 1. The Morgan fingerprint density at radius 1 is 1.21 bits per heavy atom. The lowest BCUT2D eigenvalue weighted by Crippen LogP contribution is -2.40. The van der Waals surface area contributed by atoms with Crippen LogP contribution >= 0.6 is 22.9 Å². The molecular formula is C23H28ClN3OS. The van der Waals surface area contributed by atoms with E-state index in [1.807, 2.05) is 0 Å². The number of piperidine rings is 1. The fourth-order valence-electron chi connectivity index (χ4n) is 4.39. The van der Waals surface area contributed by atoms with Gasteiger partial charge in [-0.25, -0.2) is 4.98 Å². The van der Waals surface area contributed by atoms with Crippen LogP contribution in [0, 0.1) is 6.92 Å². The van der Waals surface area contributed by atoms with E-state index < -0.39 is 0 Å². The van der Waals surface area contributed by atoms with E-state index in [1.165, 1.54) is 28.0 Å². The summed E-state index contributed by atoms with van der Waals surface area (Å²) in [6.45, 7) is 7.71. The van der Waals surface area contributed by atoms with E-state index in [-0.39, 0.29) is 6.61 Å². The molecule has 4 nitrogen and oxygen atoms in total.